The van der Waals surface area contributed by atoms with Crippen molar-refractivity contribution in [3.8, 4) is 5.75 Å². The van der Waals surface area contributed by atoms with Crippen LogP contribution in [0.3, 0.4) is 0 Å². The minimum absolute atomic E-state index is 0.0313. The predicted octanol–water partition coefficient (Wildman–Crippen LogP) is 2.09. The first-order valence-electron chi connectivity index (χ1n) is 8.51. The van der Waals surface area contributed by atoms with Crippen LogP contribution in [0.2, 0.25) is 0 Å². The SMILES string of the molecule is CC(C)CS(=O)(=O)Oc1cc(Cc2cnc(N)nc2N)cc2c1ccn2C. The van der Waals surface area contributed by atoms with Gasteiger partial charge in [-0.3, -0.25) is 0 Å². The Hall–Kier alpha value is -2.81. The number of rotatable bonds is 6. The quantitative estimate of drug-likeness (QED) is 0.618. The average molecular weight is 389 g/mol. The van der Waals surface area contributed by atoms with Gasteiger partial charge in [-0.15, -0.1) is 0 Å². The van der Waals surface area contributed by atoms with Crippen molar-refractivity contribution < 1.29 is 12.6 Å². The Morgan fingerprint density at radius 2 is 2.00 bits per heavy atom. The number of fused-ring (bicyclic) bond motifs is 1. The van der Waals surface area contributed by atoms with Crippen molar-refractivity contribution in [1.29, 1.82) is 0 Å². The van der Waals surface area contributed by atoms with Crippen LogP contribution in [0, 0.1) is 5.92 Å². The lowest BCUT2D eigenvalue weighted by Gasteiger charge is -2.12. The molecule has 0 fully saturated rings. The maximum absolute atomic E-state index is 12.3. The number of nitrogens with zero attached hydrogens (tertiary/aromatic N) is 3. The number of aromatic nitrogens is 3. The van der Waals surface area contributed by atoms with Gasteiger partial charge in [0.2, 0.25) is 5.95 Å². The van der Waals surface area contributed by atoms with Crippen molar-refractivity contribution >= 4 is 32.8 Å². The van der Waals surface area contributed by atoms with Crippen molar-refractivity contribution in [2.45, 2.75) is 20.3 Å². The molecule has 0 aliphatic heterocycles. The van der Waals surface area contributed by atoms with Crippen LogP contribution in [-0.2, 0) is 23.6 Å². The van der Waals surface area contributed by atoms with E-state index in [1.807, 2.05) is 43.8 Å². The Bertz CT molecular complexity index is 1090. The van der Waals surface area contributed by atoms with Crippen molar-refractivity contribution in [2.75, 3.05) is 17.2 Å². The molecular weight excluding hydrogens is 366 g/mol. The first kappa shape index (κ1) is 19.0. The second kappa shape index (κ2) is 7.07. The summed E-state index contributed by atoms with van der Waals surface area (Å²) in [5.41, 5.74) is 13.9. The molecule has 3 rings (SSSR count). The first-order valence-corrected chi connectivity index (χ1v) is 10.1. The van der Waals surface area contributed by atoms with E-state index in [0.29, 0.717) is 23.6 Å². The molecule has 2 aromatic heterocycles. The van der Waals surface area contributed by atoms with Crippen molar-refractivity contribution in [3.63, 3.8) is 0 Å². The monoisotopic (exact) mass is 389 g/mol. The van der Waals surface area contributed by atoms with Crippen molar-refractivity contribution in [1.82, 2.24) is 14.5 Å². The van der Waals surface area contributed by atoms with Crippen LogP contribution in [0.1, 0.15) is 25.0 Å². The molecule has 0 aliphatic rings. The highest BCUT2D eigenvalue weighted by atomic mass is 32.2. The summed E-state index contributed by atoms with van der Waals surface area (Å²) in [6.45, 7) is 3.67. The minimum atomic E-state index is -3.69. The zero-order valence-corrected chi connectivity index (χ0v) is 16.3. The fourth-order valence-electron chi connectivity index (χ4n) is 2.93. The Morgan fingerprint density at radius 1 is 1.26 bits per heavy atom. The van der Waals surface area contributed by atoms with Crippen LogP contribution in [0.5, 0.6) is 5.75 Å². The Balaban J connectivity index is 2.03. The lowest BCUT2D eigenvalue weighted by Crippen LogP contribution is -2.17. The van der Waals surface area contributed by atoms with E-state index in [1.165, 1.54) is 0 Å². The number of hydrogen-bond acceptors (Lipinski definition) is 7. The molecule has 0 amide bonds. The summed E-state index contributed by atoms with van der Waals surface area (Å²) in [7, 11) is -1.81. The molecule has 0 radical (unpaired) electrons. The molecule has 27 heavy (non-hydrogen) atoms. The zero-order valence-electron chi connectivity index (χ0n) is 15.5. The average Bonchev–Trinajstić information content (AvgIpc) is 2.90. The fraction of sp³-hybridized carbons (Fsp3) is 0.333. The largest absolute Gasteiger partial charge is 0.383 e. The van der Waals surface area contributed by atoms with Gasteiger partial charge in [0.1, 0.15) is 5.82 Å². The summed E-state index contributed by atoms with van der Waals surface area (Å²) < 4.78 is 32.0. The Labute approximate surface area is 158 Å². The Morgan fingerprint density at radius 3 is 2.67 bits per heavy atom. The van der Waals surface area contributed by atoms with Crippen LogP contribution in [-0.4, -0.2) is 28.7 Å². The molecule has 0 atom stereocenters. The third-order valence-electron chi connectivity index (χ3n) is 4.09. The topological polar surface area (TPSA) is 126 Å². The predicted molar refractivity (Wildman–Crippen MR) is 106 cm³/mol. The molecule has 0 aliphatic carbocycles. The van der Waals surface area contributed by atoms with Gasteiger partial charge in [0, 0.05) is 36.8 Å². The van der Waals surface area contributed by atoms with Crippen LogP contribution in [0.25, 0.3) is 10.9 Å². The lowest BCUT2D eigenvalue weighted by molar-refractivity contribution is 0.479. The van der Waals surface area contributed by atoms with E-state index in [-0.39, 0.29) is 17.6 Å². The standard InChI is InChI=1S/C18H23N5O3S/c1-11(2)10-27(24,25)26-16-8-12(7-15-14(16)4-5-23(15)3)6-13-9-21-18(20)22-17(13)19/h4-5,7-9,11H,6,10H2,1-3H3,(H4,19,20,21,22). The van der Waals surface area contributed by atoms with Crippen LogP contribution < -0.4 is 15.7 Å². The van der Waals surface area contributed by atoms with E-state index >= 15 is 0 Å². The molecule has 9 heteroatoms. The van der Waals surface area contributed by atoms with Gasteiger partial charge in [0.05, 0.1) is 11.3 Å². The highest BCUT2D eigenvalue weighted by molar-refractivity contribution is 7.87. The maximum atomic E-state index is 12.3. The molecule has 4 N–H and O–H groups in total. The van der Waals surface area contributed by atoms with Crippen LogP contribution >= 0.6 is 0 Å². The fourth-order valence-corrected chi connectivity index (χ4v) is 4.23. The van der Waals surface area contributed by atoms with E-state index < -0.39 is 10.1 Å². The number of nitrogen functional groups attached to an aromatic ring is 2. The van der Waals surface area contributed by atoms with Gasteiger partial charge >= 0.3 is 10.1 Å². The summed E-state index contributed by atoms with van der Waals surface area (Å²) >= 11 is 0. The Kier molecular flexibility index (Phi) is 4.97. The van der Waals surface area contributed by atoms with Crippen LogP contribution in [0.15, 0.2) is 30.6 Å². The highest BCUT2D eigenvalue weighted by Gasteiger charge is 2.19. The van der Waals surface area contributed by atoms with E-state index in [1.54, 1.807) is 12.3 Å². The second-order valence-corrected chi connectivity index (χ2v) is 8.59. The second-order valence-electron chi connectivity index (χ2n) is 6.97. The summed E-state index contributed by atoms with van der Waals surface area (Å²) in [6, 6.07) is 5.52. The van der Waals surface area contributed by atoms with Gasteiger partial charge in [-0.1, -0.05) is 13.8 Å². The molecule has 8 nitrogen and oxygen atoms in total. The summed E-state index contributed by atoms with van der Waals surface area (Å²) in [6.07, 6.45) is 3.85. The molecular formula is C18H23N5O3S. The number of nitrogens with two attached hydrogens (primary N) is 2. The summed E-state index contributed by atoms with van der Waals surface area (Å²) in [5, 5.41) is 0.732. The van der Waals surface area contributed by atoms with Gasteiger partial charge in [0.15, 0.2) is 5.75 Å². The molecule has 2 heterocycles. The smallest absolute Gasteiger partial charge is 0.309 e. The van der Waals surface area contributed by atoms with Crippen molar-refractivity contribution in [2.24, 2.45) is 13.0 Å². The maximum Gasteiger partial charge on any atom is 0.309 e. The molecule has 0 spiro atoms. The van der Waals surface area contributed by atoms with E-state index in [4.69, 9.17) is 15.7 Å². The first-order chi connectivity index (χ1) is 12.6. The van der Waals surface area contributed by atoms with Gasteiger partial charge in [-0.2, -0.15) is 13.4 Å². The molecule has 0 saturated heterocycles. The van der Waals surface area contributed by atoms with Gasteiger partial charge < -0.3 is 20.2 Å². The summed E-state index contributed by atoms with van der Waals surface area (Å²) in [5.74, 6) is 0.627. The number of aryl methyl sites for hydroxylation is 1. The van der Waals surface area contributed by atoms with E-state index in [9.17, 15) is 8.42 Å². The number of benzene rings is 1. The molecule has 0 saturated carbocycles. The lowest BCUT2D eigenvalue weighted by atomic mass is 10.0. The molecule has 3 aromatic rings. The normalized spacial score (nSPS) is 12.0. The molecule has 0 bridgehead atoms. The number of anilines is 2. The third-order valence-corrected chi connectivity index (χ3v) is 5.60. The molecule has 144 valence electrons. The van der Waals surface area contributed by atoms with E-state index in [2.05, 4.69) is 9.97 Å². The number of hydrogen-bond donors (Lipinski definition) is 2. The highest BCUT2D eigenvalue weighted by Crippen LogP contribution is 2.31. The van der Waals surface area contributed by atoms with Gasteiger partial charge in [-0.25, -0.2) is 4.98 Å². The van der Waals surface area contributed by atoms with Gasteiger partial charge in [0.25, 0.3) is 0 Å². The van der Waals surface area contributed by atoms with Crippen LogP contribution in [0.4, 0.5) is 11.8 Å². The third kappa shape index (κ3) is 4.30. The summed E-state index contributed by atoms with van der Waals surface area (Å²) in [4.78, 5) is 7.94. The van der Waals surface area contributed by atoms with Gasteiger partial charge in [-0.05, 0) is 29.7 Å². The van der Waals surface area contributed by atoms with Crippen molar-refractivity contribution in [3.05, 3.63) is 41.7 Å². The molecule has 1 aromatic carbocycles. The molecule has 0 unspecified atom stereocenters. The minimum Gasteiger partial charge on any atom is -0.383 e. The van der Waals surface area contributed by atoms with E-state index in [0.717, 1.165) is 16.5 Å². The zero-order chi connectivity index (χ0) is 19.8.